The highest BCUT2D eigenvalue weighted by atomic mass is 32.2. The fourth-order valence-corrected chi connectivity index (χ4v) is 3.61. The van der Waals surface area contributed by atoms with Gasteiger partial charge in [-0.1, -0.05) is 0 Å². The SMILES string of the molecule is CC(C)(C)S(=O)(=O)NC1CCN(C(=O)Nc2ccc(F)c(OC(F)(F)F)c2)CC1. The van der Waals surface area contributed by atoms with Crippen molar-refractivity contribution >= 4 is 21.7 Å². The lowest BCUT2D eigenvalue weighted by atomic mass is 10.1. The van der Waals surface area contributed by atoms with E-state index in [1.807, 2.05) is 0 Å². The number of sulfonamides is 1. The summed E-state index contributed by atoms with van der Waals surface area (Å²) in [5.41, 5.74) is -0.0637. The Morgan fingerprint density at radius 2 is 1.76 bits per heavy atom. The highest BCUT2D eigenvalue weighted by molar-refractivity contribution is 7.90. The van der Waals surface area contributed by atoms with Crippen LogP contribution < -0.4 is 14.8 Å². The smallest absolute Gasteiger partial charge is 0.403 e. The molecule has 0 spiro atoms. The number of alkyl halides is 3. The maximum absolute atomic E-state index is 13.5. The quantitative estimate of drug-likeness (QED) is 0.701. The van der Waals surface area contributed by atoms with Crippen LogP contribution in [0.4, 0.5) is 28.0 Å². The van der Waals surface area contributed by atoms with Crippen molar-refractivity contribution in [2.75, 3.05) is 18.4 Å². The summed E-state index contributed by atoms with van der Waals surface area (Å²) in [6.45, 7) is 5.23. The third kappa shape index (κ3) is 6.46. The number of hydrogen-bond donors (Lipinski definition) is 2. The number of carbonyl (C=O) groups is 1. The molecule has 1 aliphatic heterocycles. The number of carbonyl (C=O) groups excluding carboxylic acids is 1. The number of piperidine rings is 1. The molecular formula is C17H23F4N3O4S. The lowest BCUT2D eigenvalue weighted by molar-refractivity contribution is -0.275. The summed E-state index contributed by atoms with van der Waals surface area (Å²) in [5, 5.41) is 2.39. The van der Waals surface area contributed by atoms with Crippen LogP contribution in [0.3, 0.4) is 0 Å². The van der Waals surface area contributed by atoms with Gasteiger partial charge < -0.3 is 15.0 Å². The van der Waals surface area contributed by atoms with Gasteiger partial charge >= 0.3 is 12.4 Å². The van der Waals surface area contributed by atoms with E-state index >= 15 is 0 Å². The van der Waals surface area contributed by atoms with Crippen LogP contribution in [0.5, 0.6) is 5.75 Å². The van der Waals surface area contributed by atoms with Crippen LogP contribution in [-0.2, 0) is 10.0 Å². The first-order chi connectivity index (χ1) is 13.2. The van der Waals surface area contributed by atoms with Crippen molar-refractivity contribution in [3.63, 3.8) is 0 Å². The molecule has 0 aromatic heterocycles. The van der Waals surface area contributed by atoms with Crippen molar-refractivity contribution < 1.29 is 35.5 Å². The van der Waals surface area contributed by atoms with Gasteiger partial charge in [0.25, 0.3) is 0 Å². The van der Waals surface area contributed by atoms with E-state index in [-0.39, 0.29) is 24.8 Å². The molecule has 0 atom stereocenters. The molecule has 0 saturated carbocycles. The third-order valence-corrected chi connectivity index (χ3v) is 6.57. The largest absolute Gasteiger partial charge is 0.573 e. The number of anilines is 1. The van der Waals surface area contributed by atoms with Crippen molar-refractivity contribution in [1.29, 1.82) is 0 Å². The van der Waals surface area contributed by atoms with Crippen molar-refractivity contribution in [3.05, 3.63) is 24.0 Å². The zero-order valence-electron chi connectivity index (χ0n) is 16.1. The molecule has 0 bridgehead atoms. The Balaban J connectivity index is 1.94. The molecule has 7 nitrogen and oxygen atoms in total. The number of halogens is 4. The molecule has 1 aromatic carbocycles. The summed E-state index contributed by atoms with van der Waals surface area (Å²) in [6, 6.07) is 1.70. The zero-order valence-corrected chi connectivity index (χ0v) is 17.0. The van der Waals surface area contributed by atoms with Gasteiger partial charge in [0.05, 0.1) is 4.75 Å². The van der Waals surface area contributed by atoms with Gasteiger partial charge in [0, 0.05) is 30.9 Å². The first-order valence-corrected chi connectivity index (χ1v) is 10.3. The Bertz CT molecular complexity index is 845. The standard InChI is InChI=1S/C17H23F4N3O4S/c1-16(2,3)29(26,27)23-11-6-8-24(9-7-11)15(25)22-12-4-5-13(18)14(10-12)28-17(19,20)21/h4-5,10-11,23H,6-9H2,1-3H3,(H,22,25). The van der Waals surface area contributed by atoms with Crippen LogP contribution in [0.15, 0.2) is 18.2 Å². The van der Waals surface area contributed by atoms with Crippen LogP contribution in [0.25, 0.3) is 0 Å². The average molecular weight is 441 g/mol. The second-order valence-corrected chi connectivity index (χ2v) is 10.1. The van der Waals surface area contributed by atoms with Crippen LogP contribution in [0.1, 0.15) is 33.6 Å². The number of nitrogens with zero attached hydrogens (tertiary/aromatic N) is 1. The normalized spacial score (nSPS) is 16.6. The van der Waals surface area contributed by atoms with Gasteiger partial charge in [-0.3, -0.25) is 0 Å². The van der Waals surface area contributed by atoms with Gasteiger partial charge in [0.2, 0.25) is 10.0 Å². The highest BCUT2D eigenvalue weighted by Crippen LogP contribution is 2.28. The van der Waals surface area contributed by atoms with Crippen LogP contribution in [-0.4, -0.2) is 49.6 Å². The monoisotopic (exact) mass is 441 g/mol. The Labute approximate surface area is 166 Å². The molecule has 1 heterocycles. The first-order valence-electron chi connectivity index (χ1n) is 8.81. The summed E-state index contributed by atoms with van der Waals surface area (Å²) in [7, 11) is -3.52. The Hall–Kier alpha value is -2.08. The maximum atomic E-state index is 13.5. The molecule has 0 unspecified atom stereocenters. The fraction of sp³-hybridized carbons (Fsp3) is 0.588. The fourth-order valence-electron chi connectivity index (χ4n) is 2.58. The predicted molar refractivity (Wildman–Crippen MR) is 98.5 cm³/mol. The van der Waals surface area contributed by atoms with E-state index in [0.717, 1.165) is 18.2 Å². The van der Waals surface area contributed by atoms with Gasteiger partial charge in [0.1, 0.15) is 0 Å². The van der Waals surface area contributed by atoms with Crippen molar-refractivity contribution in [2.45, 2.75) is 50.8 Å². The average Bonchev–Trinajstić information content (AvgIpc) is 2.56. The van der Waals surface area contributed by atoms with Crippen molar-refractivity contribution in [2.24, 2.45) is 0 Å². The lowest BCUT2D eigenvalue weighted by Crippen LogP contribution is -2.50. The molecule has 2 amide bonds. The summed E-state index contributed by atoms with van der Waals surface area (Å²) in [4.78, 5) is 13.7. The van der Waals surface area contributed by atoms with Crippen LogP contribution >= 0.6 is 0 Å². The van der Waals surface area contributed by atoms with E-state index in [0.29, 0.717) is 12.8 Å². The molecule has 1 saturated heterocycles. The Kier molecular flexibility index (Phi) is 6.68. The predicted octanol–water partition coefficient (Wildman–Crippen LogP) is 3.44. The summed E-state index contributed by atoms with van der Waals surface area (Å²) in [6.07, 6.45) is -4.30. The number of benzene rings is 1. The molecule has 1 aromatic rings. The van der Waals surface area contributed by atoms with Crippen molar-refractivity contribution in [3.8, 4) is 5.75 Å². The number of amides is 2. The Morgan fingerprint density at radius 1 is 1.17 bits per heavy atom. The van der Waals surface area contributed by atoms with E-state index in [2.05, 4.69) is 14.8 Å². The number of hydrogen-bond acceptors (Lipinski definition) is 4. The molecule has 2 N–H and O–H groups in total. The van der Waals surface area contributed by atoms with E-state index < -0.39 is 38.7 Å². The second-order valence-electron chi connectivity index (χ2n) is 7.62. The minimum atomic E-state index is -5.06. The van der Waals surface area contributed by atoms with Crippen LogP contribution in [0, 0.1) is 5.82 Å². The molecule has 0 radical (unpaired) electrons. The van der Waals surface area contributed by atoms with Gasteiger partial charge in [-0.05, 0) is 45.7 Å². The summed E-state index contributed by atoms with van der Waals surface area (Å²) in [5.74, 6) is -2.27. The molecule has 0 aliphatic carbocycles. The second kappa shape index (κ2) is 8.34. The third-order valence-electron chi connectivity index (χ3n) is 4.32. The van der Waals surface area contributed by atoms with Gasteiger partial charge in [0.15, 0.2) is 11.6 Å². The molecule has 2 rings (SSSR count). The van der Waals surface area contributed by atoms with E-state index in [4.69, 9.17) is 0 Å². The van der Waals surface area contributed by atoms with E-state index in [9.17, 15) is 30.8 Å². The molecule has 29 heavy (non-hydrogen) atoms. The molecule has 12 heteroatoms. The van der Waals surface area contributed by atoms with Crippen molar-refractivity contribution in [1.82, 2.24) is 9.62 Å². The lowest BCUT2D eigenvalue weighted by Gasteiger charge is -2.33. The number of rotatable bonds is 4. The molecule has 1 fully saturated rings. The summed E-state index contributed by atoms with van der Waals surface area (Å²) < 4.78 is 80.0. The summed E-state index contributed by atoms with van der Waals surface area (Å²) >= 11 is 0. The molecular weight excluding hydrogens is 418 g/mol. The van der Waals surface area contributed by atoms with Gasteiger partial charge in [-0.2, -0.15) is 0 Å². The topological polar surface area (TPSA) is 87.7 Å². The number of urea groups is 1. The molecule has 164 valence electrons. The minimum absolute atomic E-state index is 0.0637. The minimum Gasteiger partial charge on any atom is -0.403 e. The number of likely N-dealkylation sites (tertiary alicyclic amines) is 1. The van der Waals surface area contributed by atoms with Crippen LogP contribution in [0.2, 0.25) is 0 Å². The van der Waals surface area contributed by atoms with E-state index in [1.165, 1.54) is 4.90 Å². The zero-order chi connectivity index (χ0) is 22.0. The number of nitrogens with one attached hydrogen (secondary N) is 2. The van der Waals surface area contributed by atoms with E-state index in [1.54, 1.807) is 20.8 Å². The Morgan fingerprint density at radius 3 is 2.28 bits per heavy atom. The molecule has 1 aliphatic rings. The highest BCUT2D eigenvalue weighted by Gasteiger charge is 2.34. The first kappa shape index (κ1) is 23.2. The number of ether oxygens (including phenoxy) is 1. The maximum Gasteiger partial charge on any atom is 0.573 e. The van der Waals surface area contributed by atoms with Gasteiger partial charge in [-0.15, -0.1) is 13.2 Å². The van der Waals surface area contributed by atoms with Gasteiger partial charge in [-0.25, -0.2) is 22.3 Å².